The number of hydrogen-bond acceptors (Lipinski definition) is 6. The first kappa shape index (κ1) is 16.1. The Morgan fingerprint density at radius 1 is 1.61 bits per heavy atom. The fraction of sp³-hybridized carbons (Fsp3) is 0.533. The number of aromatic nitrogens is 3. The van der Waals surface area contributed by atoms with E-state index in [2.05, 4.69) is 25.5 Å². The van der Waals surface area contributed by atoms with Gasteiger partial charge in [-0.3, -0.25) is 14.8 Å². The minimum atomic E-state index is -0.177. The topological polar surface area (TPSA) is 74.3 Å². The lowest BCUT2D eigenvalue weighted by molar-refractivity contribution is -0.133. The molecule has 7 nitrogen and oxygen atoms in total. The van der Waals surface area contributed by atoms with Crippen LogP contribution in [0.1, 0.15) is 23.3 Å². The summed E-state index contributed by atoms with van der Waals surface area (Å²) >= 11 is 1.65. The summed E-state index contributed by atoms with van der Waals surface area (Å²) < 4.78 is 5.72. The molecule has 3 rings (SSSR count). The lowest BCUT2D eigenvalue weighted by Gasteiger charge is -2.32. The summed E-state index contributed by atoms with van der Waals surface area (Å²) in [5.74, 6) is 1.54. The molecule has 1 fully saturated rings. The highest BCUT2D eigenvalue weighted by molar-refractivity contribution is 7.07. The van der Waals surface area contributed by atoms with Crippen LogP contribution in [0.4, 0.5) is 0 Å². The summed E-state index contributed by atoms with van der Waals surface area (Å²) in [6, 6.07) is 2.05. The van der Waals surface area contributed by atoms with Crippen molar-refractivity contribution in [3.63, 3.8) is 0 Å². The van der Waals surface area contributed by atoms with Crippen LogP contribution in [0.5, 0.6) is 0 Å². The second-order valence-corrected chi connectivity index (χ2v) is 6.53. The summed E-state index contributed by atoms with van der Waals surface area (Å²) in [5.41, 5.74) is 1.17. The molecule has 2 aromatic heterocycles. The van der Waals surface area contributed by atoms with Gasteiger partial charge in [0.1, 0.15) is 11.9 Å². The van der Waals surface area contributed by atoms with Gasteiger partial charge in [0.15, 0.2) is 5.82 Å². The van der Waals surface area contributed by atoms with E-state index in [0.29, 0.717) is 32.1 Å². The van der Waals surface area contributed by atoms with Crippen LogP contribution >= 0.6 is 11.3 Å². The SMILES string of the molecule is Cc1nc([C@H]2CN(CC(=O)N(C)Cc3ccsc3)CCO2)n[nH]1. The number of nitrogens with one attached hydrogen (secondary N) is 1. The van der Waals surface area contributed by atoms with E-state index in [1.54, 1.807) is 16.2 Å². The third-order valence-electron chi connectivity index (χ3n) is 3.84. The molecular formula is C15H21N5O2S. The minimum Gasteiger partial charge on any atom is -0.367 e. The largest absolute Gasteiger partial charge is 0.367 e. The Bertz CT molecular complexity index is 642. The summed E-state index contributed by atoms with van der Waals surface area (Å²) in [4.78, 5) is 20.6. The molecule has 1 aliphatic heterocycles. The maximum absolute atomic E-state index is 12.4. The number of H-pyrrole nitrogens is 1. The van der Waals surface area contributed by atoms with Gasteiger partial charge in [0.25, 0.3) is 0 Å². The molecule has 0 spiro atoms. The van der Waals surface area contributed by atoms with Gasteiger partial charge < -0.3 is 9.64 Å². The third-order valence-corrected chi connectivity index (χ3v) is 4.57. The van der Waals surface area contributed by atoms with Crippen LogP contribution in [0.2, 0.25) is 0 Å². The molecule has 0 unspecified atom stereocenters. The van der Waals surface area contributed by atoms with E-state index in [-0.39, 0.29) is 12.0 Å². The van der Waals surface area contributed by atoms with Gasteiger partial charge in [-0.1, -0.05) is 0 Å². The molecule has 1 N–H and O–H groups in total. The molecule has 2 aromatic rings. The third kappa shape index (κ3) is 4.15. The number of morpholine rings is 1. The van der Waals surface area contributed by atoms with Crippen molar-refractivity contribution in [2.24, 2.45) is 0 Å². The Balaban J connectivity index is 1.53. The van der Waals surface area contributed by atoms with Crippen LogP contribution in [0, 0.1) is 6.92 Å². The average Bonchev–Trinajstić information content (AvgIpc) is 3.19. The monoisotopic (exact) mass is 335 g/mol. The van der Waals surface area contributed by atoms with E-state index in [4.69, 9.17) is 4.74 Å². The number of carbonyl (C=O) groups excluding carboxylic acids is 1. The number of rotatable bonds is 5. The Labute approximate surface area is 139 Å². The summed E-state index contributed by atoms with van der Waals surface area (Å²) in [7, 11) is 1.84. The van der Waals surface area contributed by atoms with Gasteiger partial charge in [-0.25, -0.2) is 4.98 Å². The maximum atomic E-state index is 12.4. The summed E-state index contributed by atoms with van der Waals surface area (Å²) in [6.45, 7) is 4.87. The van der Waals surface area contributed by atoms with Crippen molar-refractivity contribution in [1.29, 1.82) is 0 Å². The van der Waals surface area contributed by atoms with E-state index in [9.17, 15) is 4.79 Å². The number of aromatic amines is 1. The lowest BCUT2D eigenvalue weighted by atomic mass is 10.2. The predicted molar refractivity (Wildman–Crippen MR) is 87.0 cm³/mol. The Hall–Kier alpha value is -1.77. The van der Waals surface area contributed by atoms with E-state index in [1.165, 1.54) is 5.56 Å². The predicted octanol–water partition coefficient (Wildman–Crippen LogP) is 1.21. The van der Waals surface area contributed by atoms with Crippen molar-refractivity contribution in [3.05, 3.63) is 34.0 Å². The van der Waals surface area contributed by atoms with Crippen molar-refractivity contribution in [1.82, 2.24) is 25.0 Å². The number of nitrogens with zero attached hydrogens (tertiary/aromatic N) is 4. The van der Waals surface area contributed by atoms with Crippen molar-refractivity contribution < 1.29 is 9.53 Å². The lowest BCUT2D eigenvalue weighted by Crippen LogP contribution is -2.44. The zero-order valence-electron chi connectivity index (χ0n) is 13.4. The second kappa shape index (κ2) is 7.20. The van der Waals surface area contributed by atoms with E-state index < -0.39 is 0 Å². The molecule has 1 aliphatic rings. The minimum absolute atomic E-state index is 0.114. The van der Waals surface area contributed by atoms with Gasteiger partial charge in [0.2, 0.25) is 5.91 Å². The van der Waals surface area contributed by atoms with Gasteiger partial charge in [-0.2, -0.15) is 16.4 Å². The normalized spacial score (nSPS) is 19.0. The molecule has 8 heteroatoms. The van der Waals surface area contributed by atoms with Gasteiger partial charge in [-0.05, 0) is 29.3 Å². The average molecular weight is 335 g/mol. The molecule has 3 heterocycles. The number of amides is 1. The van der Waals surface area contributed by atoms with Crippen molar-refractivity contribution >= 4 is 17.2 Å². The Morgan fingerprint density at radius 3 is 3.17 bits per heavy atom. The number of thiophene rings is 1. The van der Waals surface area contributed by atoms with Crippen LogP contribution in [-0.2, 0) is 16.1 Å². The molecule has 0 saturated carbocycles. The molecule has 1 saturated heterocycles. The Morgan fingerprint density at radius 2 is 2.48 bits per heavy atom. The zero-order chi connectivity index (χ0) is 16.2. The second-order valence-electron chi connectivity index (χ2n) is 5.75. The molecule has 0 aromatic carbocycles. The molecular weight excluding hydrogens is 314 g/mol. The number of ether oxygens (including phenoxy) is 1. The highest BCUT2D eigenvalue weighted by Gasteiger charge is 2.26. The molecule has 23 heavy (non-hydrogen) atoms. The first-order valence-electron chi connectivity index (χ1n) is 7.59. The number of aryl methyl sites for hydroxylation is 1. The van der Waals surface area contributed by atoms with Gasteiger partial charge >= 0.3 is 0 Å². The maximum Gasteiger partial charge on any atom is 0.236 e. The van der Waals surface area contributed by atoms with Crippen LogP contribution in [0.25, 0.3) is 0 Å². The van der Waals surface area contributed by atoms with Crippen LogP contribution in [0.3, 0.4) is 0 Å². The standard InChI is InChI=1S/C15H21N5O2S/c1-11-16-15(18-17-11)13-8-20(4-5-22-13)9-14(21)19(2)7-12-3-6-23-10-12/h3,6,10,13H,4-5,7-9H2,1-2H3,(H,16,17,18)/t13-/m1/s1. The van der Waals surface area contributed by atoms with E-state index in [0.717, 1.165) is 12.4 Å². The highest BCUT2D eigenvalue weighted by Crippen LogP contribution is 2.19. The number of carbonyl (C=O) groups is 1. The summed E-state index contributed by atoms with van der Waals surface area (Å²) in [5, 5.41) is 11.1. The first-order chi connectivity index (χ1) is 11.1. The fourth-order valence-electron chi connectivity index (χ4n) is 2.56. The molecule has 1 amide bonds. The molecule has 1 atom stereocenters. The van der Waals surface area contributed by atoms with Crippen molar-refractivity contribution in [3.8, 4) is 0 Å². The van der Waals surface area contributed by atoms with E-state index in [1.807, 2.05) is 25.4 Å². The van der Waals surface area contributed by atoms with Crippen molar-refractivity contribution in [2.45, 2.75) is 19.6 Å². The van der Waals surface area contributed by atoms with E-state index >= 15 is 0 Å². The highest BCUT2D eigenvalue weighted by atomic mass is 32.1. The fourth-order valence-corrected chi connectivity index (χ4v) is 3.22. The summed E-state index contributed by atoms with van der Waals surface area (Å²) in [6.07, 6.45) is -0.177. The smallest absolute Gasteiger partial charge is 0.236 e. The van der Waals surface area contributed by atoms with Crippen LogP contribution in [0.15, 0.2) is 16.8 Å². The van der Waals surface area contributed by atoms with Gasteiger partial charge in [0, 0.05) is 26.7 Å². The Kier molecular flexibility index (Phi) is 5.04. The number of hydrogen-bond donors (Lipinski definition) is 1. The zero-order valence-corrected chi connectivity index (χ0v) is 14.2. The molecule has 0 radical (unpaired) electrons. The van der Waals surface area contributed by atoms with Crippen molar-refractivity contribution in [2.75, 3.05) is 33.3 Å². The molecule has 0 bridgehead atoms. The van der Waals surface area contributed by atoms with Crippen LogP contribution in [-0.4, -0.2) is 64.2 Å². The van der Waals surface area contributed by atoms with Crippen LogP contribution < -0.4 is 0 Å². The van der Waals surface area contributed by atoms with Gasteiger partial charge in [0.05, 0.1) is 13.2 Å². The number of likely N-dealkylation sites (N-methyl/N-ethyl adjacent to an activating group) is 1. The molecule has 124 valence electrons. The molecule has 0 aliphatic carbocycles. The van der Waals surface area contributed by atoms with Gasteiger partial charge in [-0.15, -0.1) is 0 Å². The quantitative estimate of drug-likeness (QED) is 0.889. The first-order valence-corrected chi connectivity index (χ1v) is 8.54.